The van der Waals surface area contributed by atoms with Crippen molar-refractivity contribution >= 4 is 5.95 Å². The van der Waals surface area contributed by atoms with E-state index in [0.29, 0.717) is 6.04 Å². The maximum Gasteiger partial charge on any atom is 0.203 e. The molecule has 18 heavy (non-hydrogen) atoms. The molecule has 0 radical (unpaired) electrons. The van der Waals surface area contributed by atoms with Gasteiger partial charge in [0.05, 0.1) is 0 Å². The third-order valence-electron chi connectivity index (χ3n) is 4.23. The van der Waals surface area contributed by atoms with Crippen LogP contribution in [0.3, 0.4) is 0 Å². The molecule has 1 aromatic heterocycles. The van der Waals surface area contributed by atoms with E-state index >= 15 is 0 Å². The zero-order valence-electron chi connectivity index (χ0n) is 11.9. The minimum Gasteiger partial charge on any atom is -0.356 e. The Labute approximate surface area is 111 Å². The molecule has 0 saturated heterocycles. The Morgan fingerprint density at radius 2 is 2.17 bits per heavy atom. The van der Waals surface area contributed by atoms with Crippen LogP contribution in [0.5, 0.6) is 0 Å². The van der Waals surface area contributed by atoms with Gasteiger partial charge in [-0.3, -0.25) is 0 Å². The molecule has 1 aliphatic carbocycles. The second-order valence-corrected chi connectivity index (χ2v) is 5.46. The molecule has 1 aliphatic rings. The summed E-state index contributed by atoms with van der Waals surface area (Å²) < 4.78 is 2.39. The Morgan fingerprint density at radius 1 is 1.33 bits per heavy atom. The first-order valence-electron chi connectivity index (χ1n) is 7.63. The lowest BCUT2D eigenvalue weighted by atomic mass is 9.83. The summed E-state index contributed by atoms with van der Waals surface area (Å²) in [6, 6.07) is 0.662. The quantitative estimate of drug-likeness (QED) is 0.764. The fraction of sp³-hybridized carbons (Fsp3) is 0.800. The first kappa shape index (κ1) is 13.4. The lowest BCUT2D eigenvalue weighted by Crippen LogP contribution is -2.24. The molecule has 3 heteroatoms. The number of hydrogen-bond donors (Lipinski definition) is 1. The summed E-state index contributed by atoms with van der Waals surface area (Å²) in [5, 5.41) is 3.49. The lowest BCUT2D eigenvalue weighted by molar-refractivity contribution is 0.234. The average molecular weight is 249 g/mol. The highest BCUT2D eigenvalue weighted by molar-refractivity contribution is 5.26. The summed E-state index contributed by atoms with van der Waals surface area (Å²) in [5.41, 5.74) is 0. The molecular formula is C15H27N3. The molecule has 102 valence electrons. The Balaban J connectivity index is 2.04. The summed E-state index contributed by atoms with van der Waals surface area (Å²) in [7, 11) is 0. The summed E-state index contributed by atoms with van der Waals surface area (Å²) in [4.78, 5) is 4.48. The van der Waals surface area contributed by atoms with E-state index in [9.17, 15) is 0 Å². The van der Waals surface area contributed by atoms with Crippen LogP contribution in [-0.2, 0) is 0 Å². The summed E-state index contributed by atoms with van der Waals surface area (Å²) in [6.07, 6.45) is 13.3. The van der Waals surface area contributed by atoms with Crippen LogP contribution in [0.15, 0.2) is 12.4 Å². The molecule has 0 aromatic carbocycles. The maximum atomic E-state index is 4.48. The van der Waals surface area contributed by atoms with Crippen molar-refractivity contribution in [2.24, 2.45) is 5.92 Å². The van der Waals surface area contributed by atoms with Crippen molar-refractivity contribution in [2.45, 2.75) is 64.8 Å². The third-order valence-corrected chi connectivity index (χ3v) is 4.23. The van der Waals surface area contributed by atoms with Crippen molar-refractivity contribution in [1.29, 1.82) is 0 Å². The van der Waals surface area contributed by atoms with Gasteiger partial charge in [-0.2, -0.15) is 0 Å². The van der Waals surface area contributed by atoms with Crippen molar-refractivity contribution in [3.05, 3.63) is 12.4 Å². The maximum absolute atomic E-state index is 4.48. The van der Waals surface area contributed by atoms with Gasteiger partial charge in [0, 0.05) is 25.0 Å². The van der Waals surface area contributed by atoms with E-state index in [-0.39, 0.29) is 0 Å². The standard InChI is InChI=1S/C15H27N3/c1-3-5-10-16-15-17-11-12-18(15)14-9-7-6-8-13(14)4-2/h11-14H,3-10H2,1-2H3,(H,16,17). The predicted molar refractivity (Wildman–Crippen MR) is 76.9 cm³/mol. The molecule has 2 rings (SSSR count). The van der Waals surface area contributed by atoms with Gasteiger partial charge in [0.1, 0.15) is 0 Å². The van der Waals surface area contributed by atoms with E-state index < -0.39 is 0 Å². The molecule has 2 atom stereocenters. The van der Waals surface area contributed by atoms with E-state index in [2.05, 4.69) is 34.9 Å². The van der Waals surface area contributed by atoms with Gasteiger partial charge in [-0.25, -0.2) is 4.98 Å². The zero-order chi connectivity index (χ0) is 12.8. The van der Waals surface area contributed by atoms with E-state index in [4.69, 9.17) is 0 Å². The topological polar surface area (TPSA) is 29.9 Å². The normalized spacial score (nSPS) is 24.1. The average Bonchev–Trinajstić information content (AvgIpc) is 2.87. The van der Waals surface area contributed by atoms with E-state index in [1.807, 2.05) is 6.20 Å². The smallest absolute Gasteiger partial charge is 0.203 e. The van der Waals surface area contributed by atoms with E-state index in [1.54, 1.807) is 0 Å². The number of anilines is 1. The van der Waals surface area contributed by atoms with Crippen LogP contribution in [0.1, 0.15) is 64.8 Å². The van der Waals surface area contributed by atoms with Gasteiger partial charge in [-0.15, -0.1) is 0 Å². The van der Waals surface area contributed by atoms with Crippen LogP contribution in [0.4, 0.5) is 5.95 Å². The molecule has 1 heterocycles. The molecule has 1 fully saturated rings. The van der Waals surface area contributed by atoms with Gasteiger partial charge in [0.2, 0.25) is 5.95 Å². The van der Waals surface area contributed by atoms with Crippen molar-refractivity contribution in [3.8, 4) is 0 Å². The number of nitrogens with zero attached hydrogens (tertiary/aromatic N) is 2. The molecule has 1 N–H and O–H groups in total. The van der Waals surface area contributed by atoms with E-state index in [0.717, 1.165) is 18.4 Å². The van der Waals surface area contributed by atoms with Gasteiger partial charge < -0.3 is 9.88 Å². The molecule has 0 bridgehead atoms. The van der Waals surface area contributed by atoms with Crippen molar-refractivity contribution in [3.63, 3.8) is 0 Å². The minimum absolute atomic E-state index is 0.662. The van der Waals surface area contributed by atoms with Crippen LogP contribution < -0.4 is 5.32 Å². The van der Waals surface area contributed by atoms with Crippen LogP contribution in [-0.4, -0.2) is 16.1 Å². The highest BCUT2D eigenvalue weighted by Gasteiger charge is 2.26. The van der Waals surface area contributed by atoms with Gasteiger partial charge in [0.15, 0.2) is 0 Å². The predicted octanol–water partition coefficient (Wildman–Crippen LogP) is 4.24. The molecule has 0 spiro atoms. The van der Waals surface area contributed by atoms with Crippen molar-refractivity contribution < 1.29 is 0 Å². The van der Waals surface area contributed by atoms with Crippen LogP contribution in [0.25, 0.3) is 0 Å². The Bertz CT molecular complexity index is 345. The number of rotatable bonds is 6. The van der Waals surface area contributed by atoms with Gasteiger partial charge in [-0.1, -0.05) is 39.5 Å². The summed E-state index contributed by atoms with van der Waals surface area (Å²) >= 11 is 0. The Morgan fingerprint density at radius 3 is 2.94 bits per heavy atom. The fourth-order valence-corrected chi connectivity index (χ4v) is 3.13. The third kappa shape index (κ3) is 3.06. The molecular weight excluding hydrogens is 222 g/mol. The minimum atomic E-state index is 0.662. The summed E-state index contributed by atoms with van der Waals surface area (Å²) in [6.45, 7) is 5.59. The Kier molecular flexibility index (Phi) is 5.09. The SMILES string of the molecule is CCCCNc1nccn1C1CCCCC1CC. The number of nitrogens with one attached hydrogen (secondary N) is 1. The molecule has 2 unspecified atom stereocenters. The van der Waals surface area contributed by atoms with Crippen LogP contribution in [0.2, 0.25) is 0 Å². The van der Waals surface area contributed by atoms with Crippen molar-refractivity contribution in [2.75, 3.05) is 11.9 Å². The highest BCUT2D eigenvalue weighted by Crippen LogP contribution is 2.37. The molecule has 0 aliphatic heterocycles. The highest BCUT2D eigenvalue weighted by atomic mass is 15.2. The first-order chi connectivity index (χ1) is 8.86. The number of unbranched alkanes of at least 4 members (excludes halogenated alkanes) is 1. The first-order valence-corrected chi connectivity index (χ1v) is 7.63. The van der Waals surface area contributed by atoms with Gasteiger partial charge in [0.25, 0.3) is 0 Å². The second-order valence-electron chi connectivity index (χ2n) is 5.46. The van der Waals surface area contributed by atoms with Crippen LogP contribution >= 0.6 is 0 Å². The zero-order valence-corrected chi connectivity index (χ0v) is 11.9. The molecule has 0 amide bonds. The van der Waals surface area contributed by atoms with E-state index in [1.165, 1.54) is 44.9 Å². The second kappa shape index (κ2) is 6.81. The molecule has 1 saturated carbocycles. The Hall–Kier alpha value is -0.990. The molecule has 1 aromatic rings. The van der Waals surface area contributed by atoms with Crippen molar-refractivity contribution in [1.82, 2.24) is 9.55 Å². The number of aromatic nitrogens is 2. The largest absolute Gasteiger partial charge is 0.356 e. The van der Waals surface area contributed by atoms with Gasteiger partial charge >= 0.3 is 0 Å². The monoisotopic (exact) mass is 249 g/mol. The van der Waals surface area contributed by atoms with Gasteiger partial charge in [-0.05, 0) is 25.2 Å². The number of hydrogen-bond acceptors (Lipinski definition) is 2. The fourth-order valence-electron chi connectivity index (χ4n) is 3.13. The number of imidazole rings is 1. The summed E-state index contributed by atoms with van der Waals surface area (Å²) in [5.74, 6) is 1.91. The lowest BCUT2D eigenvalue weighted by Gasteiger charge is -2.32. The van der Waals surface area contributed by atoms with Crippen LogP contribution in [0, 0.1) is 5.92 Å². The molecule has 3 nitrogen and oxygen atoms in total.